The van der Waals surface area contributed by atoms with E-state index in [1.807, 2.05) is 43.3 Å². The molecule has 68 heavy (non-hydrogen) atoms. The molecule has 0 bridgehead atoms. The largest absolute Gasteiger partial charge is 0.480 e. The van der Waals surface area contributed by atoms with Crippen molar-refractivity contribution in [2.24, 2.45) is 17.8 Å². The van der Waals surface area contributed by atoms with Crippen molar-refractivity contribution >= 4 is 53.3 Å². The third kappa shape index (κ3) is 17.1. The highest BCUT2D eigenvalue weighted by Crippen LogP contribution is 2.19. The molecule has 1 aliphatic carbocycles. The highest BCUT2D eigenvalue weighted by atomic mass is 16.5. The smallest absolute Gasteiger partial charge is 0.327 e. The summed E-state index contributed by atoms with van der Waals surface area (Å²) in [4.78, 5) is 120. The number of carboxylic acid groups (broad SMARTS) is 2. The van der Waals surface area contributed by atoms with Gasteiger partial charge in [-0.25, -0.2) is 9.59 Å². The maximum atomic E-state index is 13.8. The Morgan fingerprint density at radius 1 is 0.897 bits per heavy atom. The molecule has 0 radical (unpaired) electrons. The lowest BCUT2D eigenvalue weighted by Crippen LogP contribution is -2.58. The van der Waals surface area contributed by atoms with Crippen LogP contribution in [0.25, 0.3) is 0 Å². The average molecular weight is 948 g/mol. The predicted molar refractivity (Wildman–Crippen MR) is 249 cm³/mol. The zero-order valence-electron chi connectivity index (χ0n) is 39.4. The molecule has 2 aliphatic rings. The number of aliphatic hydroxyl groups is 1. The normalized spacial score (nSPS) is 27.0. The minimum absolute atomic E-state index is 0.0956. The molecular formula is C48H65N7O13. The number of methoxy groups -OCH3 is 1. The van der Waals surface area contributed by atoms with Gasteiger partial charge in [-0.2, -0.15) is 0 Å². The molecule has 0 saturated carbocycles. The van der Waals surface area contributed by atoms with Gasteiger partial charge >= 0.3 is 11.9 Å². The molecule has 1 fully saturated rings. The number of amides is 7. The molecule has 1 aromatic rings. The molecule has 370 valence electrons. The standard InChI is InChI=1S/C48H65N7O13/c1-26(22-27(2)38(68-8)24-32-12-10-9-11-13-32)14-19-35-28(3)43(60)52-36(47(64)65)20-21-40(58)55(7)31(6)45(62)50-30(5)44(61)53-37(23-33-15-17-34(56)18-16-33)46(63)54-41(48(66)67)29(4)42(59)49-25-39(57)51-35/h9-17,19,22,27-30,34-38,41,56H,6,18,20-21,23-25H2,1-5,7-8H3,(H,49,59)(H,50,62)(H,51,57)(H,52,60)(H,53,61)(H,54,63)(H,64,65)(H,66,67)/b19-14+,26-22+/t27-,28-,29-,30+,34-,35-,36+,37-,38-,41+/m0/s1. The lowest BCUT2D eigenvalue weighted by molar-refractivity contribution is -0.146. The van der Waals surface area contributed by atoms with Gasteiger partial charge in [-0.1, -0.05) is 99.7 Å². The summed E-state index contributed by atoms with van der Waals surface area (Å²) in [5.74, 6) is -12.1. The number of carbonyl (C=O) groups excluding carboxylic acids is 7. The van der Waals surface area contributed by atoms with E-state index in [4.69, 9.17) is 4.74 Å². The number of carboxylic acids is 2. The first kappa shape index (κ1) is 55.4. The third-order valence-corrected chi connectivity index (χ3v) is 11.7. The Morgan fingerprint density at radius 2 is 1.57 bits per heavy atom. The van der Waals surface area contributed by atoms with Crippen molar-refractivity contribution in [2.45, 2.75) is 109 Å². The minimum atomic E-state index is -1.88. The summed E-state index contributed by atoms with van der Waals surface area (Å²) in [6.45, 7) is 10.6. The van der Waals surface area contributed by atoms with Crippen LogP contribution in [0, 0.1) is 17.8 Å². The molecule has 20 heteroatoms. The molecular weight excluding hydrogens is 883 g/mol. The highest BCUT2D eigenvalue weighted by molar-refractivity contribution is 6.00. The number of aliphatic hydroxyl groups excluding tert-OH is 1. The van der Waals surface area contributed by atoms with Gasteiger partial charge in [0.1, 0.15) is 29.9 Å². The van der Waals surface area contributed by atoms with Gasteiger partial charge in [0.15, 0.2) is 0 Å². The van der Waals surface area contributed by atoms with Crippen molar-refractivity contribution in [3.63, 3.8) is 0 Å². The Bertz CT molecular complexity index is 2170. The van der Waals surface area contributed by atoms with Crippen LogP contribution in [-0.2, 0) is 54.3 Å². The van der Waals surface area contributed by atoms with Crippen molar-refractivity contribution < 1.29 is 63.2 Å². The van der Waals surface area contributed by atoms with Crippen LogP contribution >= 0.6 is 0 Å². The van der Waals surface area contributed by atoms with Crippen LogP contribution in [0.1, 0.15) is 65.9 Å². The topological polar surface area (TPSA) is 299 Å². The Labute approximate surface area is 395 Å². The van der Waals surface area contributed by atoms with Gasteiger partial charge in [0.05, 0.1) is 36.6 Å². The van der Waals surface area contributed by atoms with Gasteiger partial charge in [-0.15, -0.1) is 0 Å². The van der Waals surface area contributed by atoms with Gasteiger partial charge < -0.3 is 56.9 Å². The fourth-order valence-electron chi connectivity index (χ4n) is 7.23. The number of nitrogens with zero attached hydrogens (tertiary/aromatic N) is 1. The summed E-state index contributed by atoms with van der Waals surface area (Å²) in [7, 11) is 2.82. The number of likely N-dealkylation sites (N-methyl/N-ethyl adjacent to an activating group) is 1. The number of aliphatic carboxylic acids is 2. The Hall–Kier alpha value is -6.93. The van der Waals surface area contributed by atoms with E-state index < -0.39 is 127 Å². The van der Waals surface area contributed by atoms with Crippen molar-refractivity contribution in [1.82, 2.24) is 36.8 Å². The van der Waals surface area contributed by atoms with Crippen molar-refractivity contribution in [2.75, 3.05) is 20.7 Å². The molecule has 3 rings (SSSR count). The number of hydrogen-bond donors (Lipinski definition) is 9. The molecule has 1 saturated heterocycles. The molecule has 0 aromatic heterocycles. The quantitative estimate of drug-likeness (QED) is 0.110. The molecule has 1 heterocycles. The van der Waals surface area contributed by atoms with Gasteiger partial charge in [0.25, 0.3) is 5.91 Å². The molecule has 10 atom stereocenters. The number of rotatable bonds is 11. The fraction of sp³-hybridized carbons (Fsp3) is 0.479. The summed E-state index contributed by atoms with van der Waals surface area (Å²) in [5, 5.41) is 44.7. The second-order valence-electron chi connectivity index (χ2n) is 17.0. The van der Waals surface area contributed by atoms with E-state index in [0.29, 0.717) is 12.0 Å². The number of allylic oxidation sites excluding steroid dienone is 3. The Balaban J connectivity index is 1.99. The molecule has 20 nitrogen and oxygen atoms in total. The summed E-state index contributed by atoms with van der Waals surface area (Å²) in [6, 6.07) is 2.34. The second kappa shape index (κ2) is 26.4. The van der Waals surface area contributed by atoms with E-state index in [2.05, 4.69) is 38.5 Å². The van der Waals surface area contributed by atoms with Gasteiger partial charge in [-0.05, 0) is 44.2 Å². The highest BCUT2D eigenvalue weighted by Gasteiger charge is 2.36. The fourth-order valence-corrected chi connectivity index (χ4v) is 7.23. The van der Waals surface area contributed by atoms with Crippen LogP contribution in [0.5, 0.6) is 0 Å². The third-order valence-electron chi connectivity index (χ3n) is 11.7. The van der Waals surface area contributed by atoms with Crippen LogP contribution in [-0.4, -0.2) is 137 Å². The molecule has 1 aromatic carbocycles. The van der Waals surface area contributed by atoms with E-state index >= 15 is 0 Å². The first-order valence-corrected chi connectivity index (χ1v) is 22.2. The maximum Gasteiger partial charge on any atom is 0.327 e. The lowest BCUT2D eigenvalue weighted by atomic mass is 9.94. The van der Waals surface area contributed by atoms with Crippen LogP contribution in [0.4, 0.5) is 0 Å². The minimum Gasteiger partial charge on any atom is -0.480 e. The zero-order chi connectivity index (χ0) is 50.8. The van der Waals surface area contributed by atoms with Crippen molar-refractivity contribution in [1.29, 1.82) is 0 Å². The second-order valence-corrected chi connectivity index (χ2v) is 17.0. The van der Waals surface area contributed by atoms with Crippen molar-refractivity contribution in [3.8, 4) is 0 Å². The molecule has 0 unspecified atom stereocenters. The number of benzene rings is 1. The number of hydrogen-bond acceptors (Lipinski definition) is 11. The Kier molecular flexibility index (Phi) is 21.5. The average Bonchev–Trinajstić information content (AvgIpc) is 3.30. The van der Waals surface area contributed by atoms with Gasteiger partial charge in [-0.3, -0.25) is 33.6 Å². The van der Waals surface area contributed by atoms with Crippen LogP contribution in [0.3, 0.4) is 0 Å². The Morgan fingerprint density at radius 3 is 2.18 bits per heavy atom. The van der Waals surface area contributed by atoms with E-state index in [9.17, 15) is 58.5 Å². The van der Waals surface area contributed by atoms with Gasteiger partial charge in [0.2, 0.25) is 35.4 Å². The lowest BCUT2D eigenvalue weighted by Gasteiger charge is -2.26. The number of ether oxygens (including phenoxy) is 1. The zero-order valence-corrected chi connectivity index (χ0v) is 39.4. The van der Waals surface area contributed by atoms with E-state index in [1.165, 1.54) is 46.0 Å². The summed E-state index contributed by atoms with van der Waals surface area (Å²) in [6.07, 6.45) is 8.47. The van der Waals surface area contributed by atoms with Crippen LogP contribution in [0.2, 0.25) is 0 Å². The summed E-state index contributed by atoms with van der Waals surface area (Å²) < 4.78 is 5.78. The summed E-state index contributed by atoms with van der Waals surface area (Å²) >= 11 is 0. The van der Waals surface area contributed by atoms with E-state index in [1.54, 1.807) is 26.2 Å². The van der Waals surface area contributed by atoms with Crippen LogP contribution in [0.15, 0.2) is 90.2 Å². The predicted octanol–water partition coefficient (Wildman–Crippen LogP) is 0.787. The molecule has 0 spiro atoms. The monoisotopic (exact) mass is 947 g/mol. The number of carbonyl (C=O) groups is 9. The van der Waals surface area contributed by atoms with Gasteiger partial charge in [0, 0.05) is 32.9 Å². The number of nitrogens with one attached hydrogen (secondary N) is 6. The first-order valence-electron chi connectivity index (χ1n) is 22.2. The molecule has 1 aliphatic heterocycles. The SMILES string of the molecule is C=C1C(=O)N[C@H](C)C(=O)N[C@@H](CC2=CC[C@@H](O)C=C2)C(=O)N[C@@H](C(=O)O)[C@H](C)C(=O)NCC(=O)N[C@@H](/C=C/C(C)=C/[C@H](C)[C@H](Cc2ccccc2)OC)[C@H](C)C(=O)N[C@@H](C(=O)O)CCC(=O)N1C. The van der Waals surface area contributed by atoms with Crippen molar-refractivity contribution in [3.05, 3.63) is 95.8 Å². The van der Waals surface area contributed by atoms with Crippen LogP contribution < -0.4 is 31.9 Å². The first-order chi connectivity index (χ1) is 32.0. The molecule has 7 amide bonds. The van der Waals surface area contributed by atoms with E-state index in [-0.39, 0.29) is 24.9 Å². The summed E-state index contributed by atoms with van der Waals surface area (Å²) in [5.41, 5.74) is 1.87. The molecule has 9 N–H and O–H groups in total. The maximum absolute atomic E-state index is 13.8. The van der Waals surface area contributed by atoms with E-state index in [0.717, 1.165) is 16.0 Å².